The lowest BCUT2D eigenvalue weighted by Crippen LogP contribution is -2.11. The lowest BCUT2D eigenvalue weighted by atomic mass is 10.1. The minimum atomic E-state index is -0.503. The van der Waals surface area contributed by atoms with Crippen LogP contribution >= 0.6 is 22.9 Å². The number of amides is 1. The van der Waals surface area contributed by atoms with E-state index in [0.717, 1.165) is 21.8 Å². The number of hydrogen-bond donors (Lipinski definition) is 1. The van der Waals surface area contributed by atoms with Gasteiger partial charge in [-0.15, -0.1) is 11.3 Å². The summed E-state index contributed by atoms with van der Waals surface area (Å²) in [6.45, 7) is 0. The Bertz CT molecular complexity index is 1200. The van der Waals surface area contributed by atoms with Crippen molar-refractivity contribution >= 4 is 40.2 Å². The van der Waals surface area contributed by atoms with Crippen molar-refractivity contribution in [3.8, 4) is 21.8 Å². The highest BCUT2D eigenvalue weighted by Gasteiger charge is 2.11. The van der Waals surface area contributed by atoms with Crippen LogP contribution in [0.5, 0.6) is 0 Å². The topological polar surface area (TPSA) is 85.1 Å². The Balaban J connectivity index is 1.46. The third-order valence-electron chi connectivity index (χ3n) is 4.37. The Labute approximate surface area is 180 Å². The zero-order valence-corrected chi connectivity index (χ0v) is 17.0. The standard InChI is InChI=1S/C22H14ClN3O3S/c23-17-7-1-16(2-8-17)22-25-20(13-30-22)14-3-9-18(10-4-14)24-21(27)15-5-11-19(12-6-15)26(28)29/h1-13H,(H,24,27). The molecular weight excluding hydrogens is 422 g/mol. The Hall–Kier alpha value is -3.55. The monoisotopic (exact) mass is 435 g/mol. The maximum absolute atomic E-state index is 12.3. The van der Waals surface area contributed by atoms with Crippen molar-refractivity contribution in [3.05, 3.63) is 98.9 Å². The summed E-state index contributed by atoms with van der Waals surface area (Å²) in [5.41, 5.74) is 3.69. The van der Waals surface area contributed by atoms with Gasteiger partial charge in [0.15, 0.2) is 0 Å². The molecule has 0 aliphatic carbocycles. The average Bonchev–Trinajstić information content (AvgIpc) is 3.25. The van der Waals surface area contributed by atoms with Gasteiger partial charge < -0.3 is 5.32 Å². The number of nitro groups is 1. The minimum Gasteiger partial charge on any atom is -0.322 e. The second kappa shape index (κ2) is 8.44. The molecule has 0 bridgehead atoms. The number of thiazole rings is 1. The molecule has 1 aromatic heterocycles. The number of non-ortho nitro benzene ring substituents is 1. The van der Waals surface area contributed by atoms with Gasteiger partial charge in [0.1, 0.15) is 5.01 Å². The van der Waals surface area contributed by atoms with Gasteiger partial charge >= 0.3 is 0 Å². The van der Waals surface area contributed by atoms with Gasteiger partial charge in [-0.25, -0.2) is 4.98 Å². The van der Waals surface area contributed by atoms with Crippen LogP contribution in [0.3, 0.4) is 0 Å². The molecule has 3 aromatic carbocycles. The third kappa shape index (κ3) is 4.37. The second-order valence-electron chi connectivity index (χ2n) is 6.38. The molecule has 0 unspecified atom stereocenters. The number of rotatable bonds is 5. The first kappa shape index (κ1) is 19.8. The van der Waals surface area contributed by atoms with Gasteiger partial charge in [-0.1, -0.05) is 35.9 Å². The molecule has 0 aliphatic heterocycles. The van der Waals surface area contributed by atoms with E-state index in [4.69, 9.17) is 11.6 Å². The normalized spacial score (nSPS) is 10.6. The lowest BCUT2D eigenvalue weighted by molar-refractivity contribution is -0.384. The first-order valence-corrected chi connectivity index (χ1v) is 10.1. The van der Waals surface area contributed by atoms with Crippen LogP contribution in [0.2, 0.25) is 5.02 Å². The Kier molecular flexibility index (Phi) is 5.56. The highest BCUT2D eigenvalue weighted by Crippen LogP contribution is 2.30. The summed E-state index contributed by atoms with van der Waals surface area (Å²) >= 11 is 7.48. The molecule has 8 heteroatoms. The van der Waals surface area contributed by atoms with E-state index in [1.807, 2.05) is 41.8 Å². The molecule has 4 rings (SSSR count). The van der Waals surface area contributed by atoms with Crippen molar-refractivity contribution in [2.75, 3.05) is 5.32 Å². The maximum Gasteiger partial charge on any atom is 0.269 e. The molecule has 0 fully saturated rings. The number of anilines is 1. The quantitative estimate of drug-likeness (QED) is 0.295. The summed E-state index contributed by atoms with van der Waals surface area (Å²) in [4.78, 5) is 27.2. The Morgan fingerprint density at radius 1 is 0.933 bits per heavy atom. The molecule has 1 N–H and O–H groups in total. The van der Waals surface area contributed by atoms with E-state index >= 15 is 0 Å². The van der Waals surface area contributed by atoms with E-state index in [-0.39, 0.29) is 11.6 Å². The van der Waals surface area contributed by atoms with Crippen molar-refractivity contribution < 1.29 is 9.72 Å². The number of nitrogens with one attached hydrogen (secondary N) is 1. The summed E-state index contributed by atoms with van der Waals surface area (Å²) in [6, 6.07) is 20.3. The fraction of sp³-hybridized carbons (Fsp3) is 0. The number of hydrogen-bond acceptors (Lipinski definition) is 5. The van der Waals surface area contributed by atoms with Crippen LogP contribution in [-0.4, -0.2) is 15.8 Å². The Morgan fingerprint density at radius 2 is 1.57 bits per heavy atom. The zero-order valence-electron chi connectivity index (χ0n) is 15.4. The highest BCUT2D eigenvalue weighted by molar-refractivity contribution is 7.13. The smallest absolute Gasteiger partial charge is 0.269 e. The van der Waals surface area contributed by atoms with E-state index in [2.05, 4.69) is 10.3 Å². The largest absolute Gasteiger partial charge is 0.322 e. The van der Waals surface area contributed by atoms with Crippen LogP contribution < -0.4 is 5.32 Å². The molecule has 6 nitrogen and oxygen atoms in total. The van der Waals surface area contributed by atoms with E-state index in [1.54, 1.807) is 23.5 Å². The van der Waals surface area contributed by atoms with Crippen LogP contribution in [0.1, 0.15) is 10.4 Å². The van der Waals surface area contributed by atoms with E-state index in [1.165, 1.54) is 24.3 Å². The van der Waals surface area contributed by atoms with Crippen molar-refractivity contribution in [1.82, 2.24) is 4.98 Å². The molecule has 0 aliphatic rings. The summed E-state index contributed by atoms with van der Waals surface area (Å²) in [5, 5.41) is 17.1. The Morgan fingerprint density at radius 3 is 2.20 bits per heavy atom. The second-order valence-corrected chi connectivity index (χ2v) is 7.67. The fourth-order valence-corrected chi connectivity index (χ4v) is 3.75. The van der Waals surface area contributed by atoms with E-state index < -0.39 is 4.92 Å². The molecule has 0 atom stereocenters. The molecule has 0 radical (unpaired) electrons. The predicted octanol–water partition coefficient (Wildman–Crippen LogP) is 6.29. The van der Waals surface area contributed by atoms with E-state index in [0.29, 0.717) is 16.3 Å². The van der Waals surface area contributed by atoms with Crippen LogP contribution in [0, 0.1) is 10.1 Å². The van der Waals surface area contributed by atoms with Gasteiger partial charge in [0.25, 0.3) is 11.6 Å². The number of carbonyl (C=O) groups is 1. The third-order valence-corrected chi connectivity index (χ3v) is 5.52. The molecule has 0 saturated heterocycles. The molecule has 148 valence electrons. The van der Waals surface area contributed by atoms with Gasteiger partial charge in [0.2, 0.25) is 0 Å². The summed E-state index contributed by atoms with van der Waals surface area (Å²) in [7, 11) is 0. The maximum atomic E-state index is 12.3. The van der Waals surface area contributed by atoms with Gasteiger partial charge in [0.05, 0.1) is 10.6 Å². The van der Waals surface area contributed by atoms with Crippen molar-refractivity contribution in [3.63, 3.8) is 0 Å². The number of benzene rings is 3. The number of nitrogens with zero attached hydrogens (tertiary/aromatic N) is 2. The zero-order chi connectivity index (χ0) is 21.1. The first-order chi connectivity index (χ1) is 14.5. The van der Waals surface area contributed by atoms with E-state index in [9.17, 15) is 14.9 Å². The average molecular weight is 436 g/mol. The number of aromatic nitrogens is 1. The van der Waals surface area contributed by atoms with Crippen LogP contribution in [0.25, 0.3) is 21.8 Å². The highest BCUT2D eigenvalue weighted by atomic mass is 35.5. The van der Waals surface area contributed by atoms with Crippen molar-refractivity contribution in [2.24, 2.45) is 0 Å². The summed E-state index contributed by atoms with van der Waals surface area (Å²) in [5.74, 6) is -0.337. The SMILES string of the molecule is O=C(Nc1ccc(-c2csc(-c3ccc(Cl)cc3)n2)cc1)c1ccc([N+](=O)[O-])cc1. The molecular formula is C22H14ClN3O3S. The summed E-state index contributed by atoms with van der Waals surface area (Å²) < 4.78 is 0. The molecule has 4 aromatic rings. The van der Waals surface area contributed by atoms with Gasteiger partial charge in [-0.3, -0.25) is 14.9 Å². The van der Waals surface area contributed by atoms with Gasteiger partial charge in [0, 0.05) is 44.9 Å². The molecule has 1 amide bonds. The molecule has 0 saturated carbocycles. The van der Waals surface area contributed by atoms with Crippen LogP contribution in [-0.2, 0) is 0 Å². The summed E-state index contributed by atoms with van der Waals surface area (Å²) in [6.07, 6.45) is 0. The first-order valence-electron chi connectivity index (χ1n) is 8.87. The van der Waals surface area contributed by atoms with Gasteiger partial charge in [-0.05, 0) is 36.4 Å². The minimum absolute atomic E-state index is 0.0582. The fourth-order valence-electron chi connectivity index (χ4n) is 2.79. The van der Waals surface area contributed by atoms with Gasteiger partial charge in [-0.2, -0.15) is 0 Å². The van der Waals surface area contributed by atoms with Crippen molar-refractivity contribution in [2.45, 2.75) is 0 Å². The molecule has 1 heterocycles. The molecule has 30 heavy (non-hydrogen) atoms. The van der Waals surface area contributed by atoms with Crippen molar-refractivity contribution in [1.29, 1.82) is 0 Å². The lowest BCUT2D eigenvalue weighted by Gasteiger charge is -2.06. The molecule has 0 spiro atoms. The predicted molar refractivity (Wildman–Crippen MR) is 119 cm³/mol. The number of carbonyl (C=O) groups excluding carboxylic acids is 1. The van der Waals surface area contributed by atoms with Crippen LogP contribution in [0.4, 0.5) is 11.4 Å². The number of nitro benzene ring substituents is 1. The van der Waals surface area contributed by atoms with Crippen LogP contribution in [0.15, 0.2) is 78.2 Å². The number of halogens is 1.